The Labute approximate surface area is 251 Å². The maximum atomic E-state index is 14.3. The third-order valence-electron chi connectivity index (χ3n) is 7.62. The Kier molecular flexibility index (Phi) is 11.1. The van der Waals surface area contributed by atoms with Crippen molar-refractivity contribution in [3.63, 3.8) is 0 Å². The summed E-state index contributed by atoms with van der Waals surface area (Å²) in [5, 5.41) is 5.38. The molecule has 0 fully saturated rings. The number of fused-ring (bicyclic) bond motifs is 1. The fourth-order valence-electron chi connectivity index (χ4n) is 4.79. The van der Waals surface area contributed by atoms with Gasteiger partial charge in [-0.05, 0) is 39.8 Å². The molecule has 0 heterocycles. The standard InChI is InChI=1S/C35H46N4O3/c1-35(2,3)22-14-19-32(40)37(6)30(25-27-20-21-28-17-12-13-18-29(28)23-27)33(41)38(7)31(34(42)39(8)36(4)5)24-26-15-10-9-11-16-26/h9-21,23,30-31H,22,24-25H2,1-8H3/b19-14+/t30-,31-/m1/s1. The van der Waals surface area contributed by atoms with E-state index in [0.717, 1.165) is 28.3 Å². The lowest BCUT2D eigenvalue weighted by Crippen LogP contribution is -2.57. The zero-order chi connectivity index (χ0) is 31.0. The van der Waals surface area contributed by atoms with Gasteiger partial charge < -0.3 is 9.80 Å². The molecule has 224 valence electrons. The Hall–Kier alpha value is -3.97. The largest absolute Gasteiger partial charge is 0.332 e. The molecule has 3 amide bonds. The summed E-state index contributed by atoms with van der Waals surface area (Å²) in [5.74, 6) is -0.740. The van der Waals surface area contributed by atoms with Gasteiger partial charge in [0.15, 0.2) is 0 Å². The molecule has 0 aliphatic rings. The van der Waals surface area contributed by atoms with Gasteiger partial charge in [0.1, 0.15) is 12.1 Å². The lowest BCUT2D eigenvalue weighted by atomic mass is 9.92. The van der Waals surface area contributed by atoms with Crippen LogP contribution in [0.1, 0.15) is 38.3 Å². The lowest BCUT2D eigenvalue weighted by Gasteiger charge is -2.37. The van der Waals surface area contributed by atoms with Gasteiger partial charge in [0.05, 0.1) is 0 Å². The summed E-state index contributed by atoms with van der Waals surface area (Å²) in [6, 6.07) is 22.3. The zero-order valence-corrected chi connectivity index (χ0v) is 26.4. The highest BCUT2D eigenvalue weighted by molar-refractivity contribution is 5.95. The summed E-state index contributed by atoms with van der Waals surface area (Å²) in [4.78, 5) is 44.4. The Morgan fingerprint density at radius 1 is 0.690 bits per heavy atom. The van der Waals surface area contributed by atoms with E-state index in [4.69, 9.17) is 0 Å². The van der Waals surface area contributed by atoms with E-state index >= 15 is 0 Å². The fraction of sp³-hybridized carbons (Fsp3) is 0.400. The van der Waals surface area contributed by atoms with E-state index in [9.17, 15) is 14.4 Å². The third-order valence-corrected chi connectivity index (χ3v) is 7.62. The number of nitrogens with zero attached hydrogens (tertiary/aromatic N) is 4. The van der Waals surface area contributed by atoms with Crippen LogP contribution in [0.4, 0.5) is 0 Å². The average Bonchev–Trinajstić information content (AvgIpc) is 2.96. The topological polar surface area (TPSA) is 64.2 Å². The Bertz CT molecular complexity index is 1390. The van der Waals surface area contributed by atoms with E-state index in [0.29, 0.717) is 12.8 Å². The molecule has 3 aromatic rings. The minimum Gasteiger partial charge on any atom is -0.332 e. The number of carbonyl (C=O) groups is 3. The van der Waals surface area contributed by atoms with Crippen molar-refractivity contribution in [2.75, 3.05) is 35.2 Å². The van der Waals surface area contributed by atoms with Crippen LogP contribution in [0.5, 0.6) is 0 Å². The normalized spacial score (nSPS) is 13.3. The van der Waals surface area contributed by atoms with Crippen LogP contribution in [0.25, 0.3) is 10.8 Å². The van der Waals surface area contributed by atoms with Gasteiger partial charge in [-0.2, -0.15) is 0 Å². The Balaban J connectivity index is 1.98. The number of allylic oxidation sites excluding steroid dienone is 1. The number of benzene rings is 3. The highest BCUT2D eigenvalue weighted by Crippen LogP contribution is 2.22. The minimum absolute atomic E-state index is 0.0410. The van der Waals surface area contributed by atoms with Crippen molar-refractivity contribution >= 4 is 28.5 Å². The number of likely N-dealkylation sites (N-methyl/N-ethyl adjacent to an activating group) is 3. The van der Waals surface area contributed by atoms with E-state index in [1.165, 1.54) is 14.8 Å². The van der Waals surface area contributed by atoms with Crippen molar-refractivity contribution < 1.29 is 14.4 Å². The summed E-state index contributed by atoms with van der Waals surface area (Å²) in [7, 11) is 8.61. The van der Waals surface area contributed by atoms with Gasteiger partial charge in [0.2, 0.25) is 11.8 Å². The lowest BCUT2D eigenvalue weighted by molar-refractivity contribution is -0.154. The van der Waals surface area contributed by atoms with Crippen molar-refractivity contribution in [1.82, 2.24) is 19.8 Å². The van der Waals surface area contributed by atoms with Crippen molar-refractivity contribution in [2.24, 2.45) is 5.41 Å². The van der Waals surface area contributed by atoms with Gasteiger partial charge in [-0.1, -0.05) is 99.6 Å². The molecule has 0 bridgehead atoms. The molecule has 0 aliphatic heterocycles. The van der Waals surface area contributed by atoms with Crippen LogP contribution in [0.3, 0.4) is 0 Å². The summed E-state index contributed by atoms with van der Waals surface area (Å²) in [6.45, 7) is 6.34. The average molecular weight is 571 g/mol. The number of hydrogen-bond acceptors (Lipinski definition) is 4. The summed E-state index contributed by atoms with van der Waals surface area (Å²) < 4.78 is 0. The number of hydrazine groups is 1. The van der Waals surface area contributed by atoms with Crippen LogP contribution >= 0.6 is 0 Å². The van der Waals surface area contributed by atoms with E-state index in [1.807, 2.05) is 72.8 Å². The number of rotatable bonds is 11. The van der Waals surface area contributed by atoms with Gasteiger partial charge in [0.25, 0.3) is 5.91 Å². The zero-order valence-electron chi connectivity index (χ0n) is 26.4. The van der Waals surface area contributed by atoms with E-state index in [2.05, 4.69) is 26.8 Å². The summed E-state index contributed by atoms with van der Waals surface area (Å²) in [6.07, 6.45) is 4.83. The highest BCUT2D eigenvalue weighted by Gasteiger charge is 2.36. The molecule has 0 unspecified atom stereocenters. The van der Waals surface area contributed by atoms with Gasteiger partial charge >= 0.3 is 0 Å². The van der Waals surface area contributed by atoms with Crippen LogP contribution in [0.15, 0.2) is 84.9 Å². The van der Waals surface area contributed by atoms with E-state index in [1.54, 1.807) is 46.3 Å². The molecule has 0 saturated heterocycles. The molecule has 0 aliphatic carbocycles. The number of hydrogen-bond donors (Lipinski definition) is 0. The monoisotopic (exact) mass is 570 g/mol. The second-order valence-corrected chi connectivity index (χ2v) is 12.4. The van der Waals surface area contributed by atoms with Gasteiger partial charge in [-0.15, -0.1) is 0 Å². The van der Waals surface area contributed by atoms with Crippen LogP contribution in [0.2, 0.25) is 0 Å². The van der Waals surface area contributed by atoms with Gasteiger partial charge in [0, 0.05) is 48.1 Å². The minimum atomic E-state index is -0.807. The third kappa shape index (κ3) is 8.76. The summed E-state index contributed by atoms with van der Waals surface area (Å²) >= 11 is 0. The smallest absolute Gasteiger partial charge is 0.259 e. The Morgan fingerprint density at radius 2 is 1.26 bits per heavy atom. The molecule has 2 atom stereocenters. The Morgan fingerprint density at radius 3 is 1.88 bits per heavy atom. The molecule has 0 saturated carbocycles. The SMILES string of the molecule is CN(C(=O)/C=C/CC(C)(C)C)[C@H](Cc1ccc2ccccc2c1)C(=O)N(C)[C@H](Cc1ccccc1)C(=O)N(C)N(C)C. The van der Waals surface area contributed by atoms with Crippen LogP contribution in [0, 0.1) is 5.41 Å². The first-order chi connectivity index (χ1) is 19.8. The molecular weight excluding hydrogens is 524 g/mol. The molecule has 7 heteroatoms. The van der Waals surface area contributed by atoms with E-state index < -0.39 is 12.1 Å². The number of amides is 3. The van der Waals surface area contributed by atoms with Crippen molar-refractivity contribution in [1.29, 1.82) is 0 Å². The molecule has 42 heavy (non-hydrogen) atoms. The highest BCUT2D eigenvalue weighted by atomic mass is 16.2. The van der Waals surface area contributed by atoms with E-state index in [-0.39, 0.29) is 23.1 Å². The van der Waals surface area contributed by atoms with Crippen molar-refractivity contribution in [3.05, 3.63) is 96.1 Å². The predicted molar refractivity (Wildman–Crippen MR) is 171 cm³/mol. The van der Waals surface area contributed by atoms with Gasteiger partial charge in [-0.3, -0.25) is 19.4 Å². The van der Waals surface area contributed by atoms with Crippen LogP contribution in [-0.2, 0) is 27.2 Å². The second-order valence-electron chi connectivity index (χ2n) is 12.4. The molecule has 3 rings (SSSR count). The molecule has 0 N–H and O–H groups in total. The maximum absolute atomic E-state index is 14.3. The van der Waals surface area contributed by atoms with Gasteiger partial charge in [-0.25, -0.2) is 5.01 Å². The molecular formula is C35H46N4O3. The predicted octanol–water partition coefficient (Wildman–Crippen LogP) is 5.21. The molecule has 0 radical (unpaired) electrons. The number of carbonyl (C=O) groups excluding carboxylic acids is 3. The fourth-order valence-corrected chi connectivity index (χ4v) is 4.79. The quantitative estimate of drug-likeness (QED) is 0.235. The van der Waals surface area contributed by atoms with Crippen molar-refractivity contribution in [3.8, 4) is 0 Å². The summed E-state index contributed by atoms with van der Waals surface area (Å²) in [5.41, 5.74) is 1.93. The van der Waals surface area contributed by atoms with Crippen LogP contribution in [-0.4, -0.2) is 84.9 Å². The first-order valence-electron chi connectivity index (χ1n) is 14.4. The van der Waals surface area contributed by atoms with Crippen molar-refractivity contribution in [2.45, 2.75) is 52.1 Å². The van der Waals surface area contributed by atoms with Crippen LogP contribution < -0.4 is 0 Å². The molecule has 0 aromatic heterocycles. The molecule has 3 aromatic carbocycles. The first-order valence-corrected chi connectivity index (χ1v) is 14.4. The molecule has 7 nitrogen and oxygen atoms in total. The first kappa shape index (κ1) is 32.5. The maximum Gasteiger partial charge on any atom is 0.259 e. The molecule has 0 spiro atoms. The second kappa shape index (κ2) is 14.3.